The highest BCUT2D eigenvalue weighted by molar-refractivity contribution is 7.99. The van der Waals surface area contributed by atoms with Gasteiger partial charge >= 0.3 is 0 Å². The van der Waals surface area contributed by atoms with E-state index >= 15 is 0 Å². The van der Waals surface area contributed by atoms with Crippen LogP contribution in [0.5, 0.6) is 0 Å². The van der Waals surface area contributed by atoms with Crippen LogP contribution in [0, 0.1) is 18.3 Å². The largest absolute Gasteiger partial charge is 0.309 e. The maximum atomic E-state index is 8.86. The summed E-state index contributed by atoms with van der Waals surface area (Å²) in [5.74, 6) is 1.78. The Labute approximate surface area is 100 Å². The molecule has 0 saturated heterocycles. The van der Waals surface area contributed by atoms with Crippen LogP contribution in [0.1, 0.15) is 19.2 Å². The normalized spacial score (nSPS) is 12.4. The first-order chi connectivity index (χ1) is 7.69. The summed E-state index contributed by atoms with van der Waals surface area (Å²) in [5, 5.41) is 20.9. The van der Waals surface area contributed by atoms with Gasteiger partial charge in [0.1, 0.15) is 5.82 Å². The van der Waals surface area contributed by atoms with Crippen LogP contribution in [0.4, 0.5) is 0 Å². The summed E-state index contributed by atoms with van der Waals surface area (Å²) in [7, 11) is 1.95. The fraction of sp³-hybridized carbons (Fsp3) is 0.700. The molecule has 0 bridgehead atoms. The summed E-state index contributed by atoms with van der Waals surface area (Å²) < 4.78 is 1.96. The lowest BCUT2D eigenvalue weighted by molar-refractivity contribution is 0.612. The quantitative estimate of drug-likeness (QED) is 0.753. The predicted molar refractivity (Wildman–Crippen MR) is 64.2 cm³/mol. The average Bonchev–Trinajstić information content (AvgIpc) is 2.59. The van der Waals surface area contributed by atoms with E-state index in [0.717, 1.165) is 29.7 Å². The Morgan fingerprint density at radius 2 is 2.31 bits per heavy atom. The van der Waals surface area contributed by atoms with Gasteiger partial charge in [-0.1, -0.05) is 18.7 Å². The topological polar surface area (TPSA) is 66.5 Å². The summed E-state index contributed by atoms with van der Waals surface area (Å²) >= 11 is 1.64. The minimum atomic E-state index is -0.0631. The molecule has 0 aliphatic carbocycles. The maximum absolute atomic E-state index is 8.86. The van der Waals surface area contributed by atoms with Gasteiger partial charge in [-0.3, -0.25) is 0 Å². The van der Waals surface area contributed by atoms with Crippen molar-refractivity contribution in [3.8, 4) is 6.07 Å². The molecule has 5 nitrogen and oxygen atoms in total. The number of rotatable bonds is 6. The lowest BCUT2D eigenvalue weighted by Crippen LogP contribution is -2.27. The molecule has 0 aliphatic heterocycles. The van der Waals surface area contributed by atoms with Gasteiger partial charge in [-0.15, -0.1) is 10.2 Å². The van der Waals surface area contributed by atoms with Crippen LogP contribution in [-0.4, -0.2) is 33.1 Å². The zero-order chi connectivity index (χ0) is 12.0. The number of hydrogen-bond donors (Lipinski definition) is 1. The fourth-order valence-electron chi connectivity index (χ4n) is 1.24. The highest BCUT2D eigenvalue weighted by atomic mass is 32.2. The molecule has 0 radical (unpaired) electrons. The Morgan fingerprint density at radius 1 is 1.56 bits per heavy atom. The van der Waals surface area contributed by atoms with Gasteiger partial charge in [-0.2, -0.15) is 5.26 Å². The molecular formula is C10H17N5S. The van der Waals surface area contributed by atoms with Gasteiger partial charge in [0.2, 0.25) is 0 Å². The van der Waals surface area contributed by atoms with Crippen molar-refractivity contribution in [2.75, 3.05) is 12.3 Å². The van der Waals surface area contributed by atoms with E-state index in [2.05, 4.69) is 21.6 Å². The molecule has 1 unspecified atom stereocenters. The molecule has 1 rings (SSSR count). The van der Waals surface area contributed by atoms with Crippen molar-refractivity contribution in [3.63, 3.8) is 0 Å². The van der Waals surface area contributed by atoms with E-state index in [1.165, 1.54) is 0 Å². The van der Waals surface area contributed by atoms with Gasteiger partial charge in [0.25, 0.3) is 0 Å². The first-order valence-corrected chi connectivity index (χ1v) is 6.29. The standard InChI is InChI=1S/C10H17N5S/c1-4-12-9(7-11)5-6-16-10-14-13-8(2)15(10)3/h9,12H,4-6H2,1-3H3. The number of nitrogens with zero attached hydrogens (tertiary/aromatic N) is 4. The lowest BCUT2D eigenvalue weighted by Gasteiger charge is -2.08. The monoisotopic (exact) mass is 239 g/mol. The second kappa shape index (κ2) is 6.51. The first-order valence-electron chi connectivity index (χ1n) is 5.30. The fourth-order valence-corrected chi connectivity index (χ4v) is 2.20. The molecule has 0 spiro atoms. The van der Waals surface area contributed by atoms with Crippen LogP contribution in [0.3, 0.4) is 0 Å². The van der Waals surface area contributed by atoms with Gasteiger partial charge in [-0.25, -0.2) is 0 Å². The number of thioether (sulfide) groups is 1. The number of nitriles is 1. The third-order valence-electron chi connectivity index (χ3n) is 2.30. The predicted octanol–water partition coefficient (Wildman–Crippen LogP) is 1.11. The molecular weight excluding hydrogens is 222 g/mol. The summed E-state index contributed by atoms with van der Waals surface area (Å²) in [6, 6.07) is 2.18. The molecule has 6 heteroatoms. The van der Waals surface area contributed by atoms with Gasteiger partial charge in [0.05, 0.1) is 12.1 Å². The Hall–Kier alpha value is -1.06. The van der Waals surface area contributed by atoms with Crippen LogP contribution in [0.25, 0.3) is 0 Å². The molecule has 0 saturated carbocycles. The van der Waals surface area contributed by atoms with Crippen molar-refractivity contribution in [2.45, 2.75) is 31.5 Å². The van der Waals surface area contributed by atoms with Crippen LogP contribution in [0.15, 0.2) is 5.16 Å². The summed E-state index contributed by atoms with van der Waals surface area (Å²) in [6.45, 7) is 4.75. The van der Waals surface area contributed by atoms with E-state index in [9.17, 15) is 0 Å². The van der Waals surface area contributed by atoms with Crippen molar-refractivity contribution in [1.82, 2.24) is 20.1 Å². The second-order valence-electron chi connectivity index (χ2n) is 3.47. The average molecular weight is 239 g/mol. The SMILES string of the molecule is CCNC(C#N)CCSc1nnc(C)n1C. The lowest BCUT2D eigenvalue weighted by atomic mass is 10.2. The zero-order valence-electron chi connectivity index (χ0n) is 9.90. The summed E-state index contributed by atoms with van der Waals surface area (Å²) in [6.07, 6.45) is 0.820. The highest BCUT2D eigenvalue weighted by Crippen LogP contribution is 2.16. The molecule has 0 fully saturated rings. The molecule has 88 valence electrons. The number of aryl methyl sites for hydroxylation is 1. The molecule has 16 heavy (non-hydrogen) atoms. The maximum Gasteiger partial charge on any atom is 0.190 e. The van der Waals surface area contributed by atoms with Crippen LogP contribution < -0.4 is 5.32 Å². The Kier molecular flexibility index (Phi) is 5.29. The third-order valence-corrected chi connectivity index (χ3v) is 3.35. The van der Waals surface area contributed by atoms with Crippen LogP contribution >= 0.6 is 11.8 Å². The van der Waals surface area contributed by atoms with Crippen molar-refractivity contribution in [3.05, 3.63) is 5.82 Å². The summed E-state index contributed by atoms with van der Waals surface area (Å²) in [4.78, 5) is 0. The van der Waals surface area contributed by atoms with Gasteiger partial charge in [-0.05, 0) is 19.9 Å². The van der Waals surface area contributed by atoms with E-state index in [4.69, 9.17) is 5.26 Å². The van der Waals surface area contributed by atoms with Gasteiger partial charge < -0.3 is 9.88 Å². The van der Waals surface area contributed by atoms with Crippen LogP contribution in [0.2, 0.25) is 0 Å². The smallest absolute Gasteiger partial charge is 0.190 e. The van der Waals surface area contributed by atoms with Crippen molar-refractivity contribution in [2.24, 2.45) is 7.05 Å². The molecule has 0 aromatic carbocycles. The molecule has 1 N–H and O–H groups in total. The zero-order valence-corrected chi connectivity index (χ0v) is 10.7. The highest BCUT2D eigenvalue weighted by Gasteiger charge is 2.08. The first kappa shape index (κ1) is 13.0. The second-order valence-corrected chi connectivity index (χ2v) is 4.53. The van der Waals surface area contributed by atoms with E-state index in [1.54, 1.807) is 11.8 Å². The number of aromatic nitrogens is 3. The minimum Gasteiger partial charge on any atom is -0.309 e. The van der Waals surface area contributed by atoms with Crippen LogP contribution in [-0.2, 0) is 7.05 Å². The molecule has 1 aromatic rings. The van der Waals surface area contributed by atoms with Crippen molar-refractivity contribution >= 4 is 11.8 Å². The van der Waals surface area contributed by atoms with Gasteiger partial charge in [0, 0.05) is 12.8 Å². The minimum absolute atomic E-state index is 0.0631. The van der Waals surface area contributed by atoms with E-state index in [-0.39, 0.29) is 6.04 Å². The molecule has 1 heterocycles. The van der Waals surface area contributed by atoms with E-state index in [1.807, 2.05) is 25.5 Å². The molecule has 0 aliphatic rings. The molecule has 1 atom stereocenters. The van der Waals surface area contributed by atoms with E-state index in [0.29, 0.717) is 0 Å². The molecule has 1 aromatic heterocycles. The van der Waals surface area contributed by atoms with E-state index < -0.39 is 0 Å². The Balaban J connectivity index is 2.35. The third kappa shape index (κ3) is 3.51. The molecule has 0 amide bonds. The number of hydrogen-bond acceptors (Lipinski definition) is 5. The van der Waals surface area contributed by atoms with Crippen molar-refractivity contribution < 1.29 is 0 Å². The Morgan fingerprint density at radius 3 is 2.81 bits per heavy atom. The summed E-state index contributed by atoms with van der Waals surface area (Å²) in [5.41, 5.74) is 0. The number of nitrogens with one attached hydrogen (secondary N) is 1. The Bertz CT molecular complexity index is 368. The van der Waals surface area contributed by atoms with Crippen molar-refractivity contribution in [1.29, 1.82) is 5.26 Å². The van der Waals surface area contributed by atoms with Gasteiger partial charge in [0.15, 0.2) is 5.16 Å².